The van der Waals surface area contributed by atoms with Crippen molar-refractivity contribution in [3.05, 3.63) is 35.9 Å². The fraction of sp³-hybridized carbons (Fsp3) is 0.500. The zero-order valence-electron chi connectivity index (χ0n) is 12.1. The predicted octanol–water partition coefficient (Wildman–Crippen LogP) is 3.74. The highest BCUT2D eigenvalue weighted by molar-refractivity contribution is 14.1. The van der Waals surface area contributed by atoms with Crippen LogP contribution in [0.4, 0.5) is 4.79 Å². The average Bonchev–Trinajstić information content (AvgIpc) is 2.49. The highest BCUT2D eigenvalue weighted by Gasteiger charge is 2.36. The summed E-state index contributed by atoms with van der Waals surface area (Å²) in [6.45, 7) is 2.27. The molecule has 21 heavy (non-hydrogen) atoms. The van der Waals surface area contributed by atoms with Crippen LogP contribution in [0.3, 0.4) is 0 Å². The van der Waals surface area contributed by atoms with E-state index >= 15 is 0 Å². The van der Waals surface area contributed by atoms with Crippen LogP contribution in [0.25, 0.3) is 0 Å². The number of carbonyl (C=O) groups excluding carboxylic acids is 2. The molecule has 1 fully saturated rings. The van der Waals surface area contributed by atoms with Crippen molar-refractivity contribution in [2.75, 3.05) is 11.2 Å². The van der Waals surface area contributed by atoms with Crippen LogP contribution >= 0.6 is 22.6 Å². The number of ether oxygens (including phenoxy) is 1. The van der Waals surface area contributed by atoms with Crippen LogP contribution in [0.1, 0.15) is 37.7 Å². The Balaban J connectivity index is 2.28. The van der Waals surface area contributed by atoms with Crippen molar-refractivity contribution in [1.29, 1.82) is 0 Å². The summed E-state index contributed by atoms with van der Waals surface area (Å²) in [6.07, 6.45) is 2.54. The van der Waals surface area contributed by atoms with E-state index in [1.807, 2.05) is 52.9 Å². The van der Waals surface area contributed by atoms with Crippen molar-refractivity contribution in [3.8, 4) is 0 Å². The zero-order chi connectivity index (χ0) is 15.2. The topological polar surface area (TPSA) is 46.6 Å². The first kappa shape index (κ1) is 16.3. The normalized spacial score (nSPS) is 19.9. The molecule has 2 atom stereocenters. The molecule has 0 N–H and O–H groups in total. The van der Waals surface area contributed by atoms with Crippen molar-refractivity contribution in [3.63, 3.8) is 0 Å². The molecule has 1 saturated heterocycles. The number of likely N-dealkylation sites (tertiary alicyclic amines) is 1. The lowest BCUT2D eigenvalue weighted by atomic mass is 9.83. The zero-order valence-corrected chi connectivity index (χ0v) is 14.3. The molecule has 2 unspecified atom stereocenters. The Hall–Kier alpha value is -1.11. The molecule has 2 rings (SSSR count). The summed E-state index contributed by atoms with van der Waals surface area (Å²) in [5.74, 6) is -0.173. The molecule has 114 valence electrons. The SMILES string of the molecule is CC(=O)C(c1ccccc1)C1CCCCN1C(=O)OCI. The number of Topliss-reactive ketones (excluding diaryl/α,β-unsaturated/α-hetero) is 1. The lowest BCUT2D eigenvalue weighted by molar-refractivity contribution is -0.120. The van der Waals surface area contributed by atoms with E-state index in [-0.39, 0.29) is 23.8 Å². The Morgan fingerprint density at radius 1 is 1.33 bits per heavy atom. The summed E-state index contributed by atoms with van der Waals surface area (Å²) < 4.78 is 5.47. The first-order chi connectivity index (χ1) is 10.1. The summed E-state index contributed by atoms with van der Waals surface area (Å²) >= 11 is 2.01. The van der Waals surface area contributed by atoms with Crippen LogP contribution in [-0.4, -0.2) is 34.0 Å². The van der Waals surface area contributed by atoms with Crippen LogP contribution in [-0.2, 0) is 9.53 Å². The first-order valence-corrected chi connectivity index (χ1v) is 8.72. The number of rotatable bonds is 4. The van der Waals surface area contributed by atoms with E-state index in [1.54, 1.807) is 11.8 Å². The molecule has 0 aliphatic carbocycles. The average molecular weight is 401 g/mol. The molecular formula is C16H20INO3. The van der Waals surface area contributed by atoms with Gasteiger partial charge in [-0.3, -0.25) is 4.79 Å². The Morgan fingerprint density at radius 3 is 2.67 bits per heavy atom. The maximum atomic E-state index is 12.2. The molecule has 0 bridgehead atoms. The van der Waals surface area contributed by atoms with E-state index in [2.05, 4.69) is 0 Å². The Kier molecular flexibility index (Phi) is 6.02. The highest BCUT2D eigenvalue weighted by Crippen LogP contribution is 2.31. The molecule has 1 heterocycles. The van der Waals surface area contributed by atoms with E-state index in [0.29, 0.717) is 11.2 Å². The van der Waals surface area contributed by atoms with Gasteiger partial charge in [-0.15, -0.1) is 0 Å². The number of halogens is 1. The molecule has 1 aliphatic rings. The summed E-state index contributed by atoms with van der Waals surface area (Å²) in [5, 5.41) is 0. The van der Waals surface area contributed by atoms with E-state index < -0.39 is 0 Å². The van der Waals surface area contributed by atoms with E-state index in [0.717, 1.165) is 24.8 Å². The second-order valence-corrected chi connectivity index (χ2v) is 5.90. The van der Waals surface area contributed by atoms with Crippen molar-refractivity contribution in [2.45, 2.75) is 38.1 Å². The van der Waals surface area contributed by atoms with Gasteiger partial charge in [0.15, 0.2) is 0 Å². The summed E-state index contributed by atoms with van der Waals surface area (Å²) in [6, 6.07) is 9.62. The summed E-state index contributed by atoms with van der Waals surface area (Å²) in [7, 11) is 0. The minimum absolute atomic E-state index is 0.0976. The van der Waals surface area contributed by atoms with Gasteiger partial charge in [0.25, 0.3) is 0 Å². The van der Waals surface area contributed by atoms with Crippen LogP contribution in [0.5, 0.6) is 0 Å². The van der Waals surface area contributed by atoms with Gasteiger partial charge in [-0.2, -0.15) is 0 Å². The number of amides is 1. The molecule has 1 amide bonds. The lowest BCUT2D eigenvalue weighted by Gasteiger charge is -2.38. The minimum atomic E-state index is -0.309. The first-order valence-electron chi connectivity index (χ1n) is 7.20. The third-order valence-corrected chi connectivity index (χ3v) is 4.25. The fourth-order valence-electron chi connectivity index (χ4n) is 3.05. The van der Waals surface area contributed by atoms with Gasteiger partial charge in [0.05, 0.1) is 5.92 Å². The van der Waals surface area contributed by atoms with Crippen LogP contribution in [0, 0.1) is 0 Å². The van der Waals surface area contributed by atoms with Gasteiger partial charge in [-0.25, -0.2) is 4.79 Å². The molecule has 5 heteroatoms. The Bertz CT molecular complexity index is 492. The maximum absolute atomic E-state index is 12.2. The fourth-order valence-corrected chi connectivity index (χ4v) is 3.31. The molecule has 0 spiro atoms. The van der Waals surface area contributed by atoms with Gasteiger partial charge in [0, 0.05) is 12.6 Å². The van der Waals surface area contributed by atoms with Gasteiger partial charge < -0.3 is 9.64 Å². The standard InChI is InChI=1S/C16H20INO3/c1-12(19)15(13-7-3-2-4-8-13)14-9-5-6-10-18(14)16(20)21-11-17/h2-4,7-8,14-15H,5-6,9-11H2,1H3. The second kappa shape index (κ2) is 7.77. The van der Waals surface area contributed by atoms with Gasteiger partial charge in [0.2, 0.25) is 0 Å². The van der Waals surface area contributed by atoms with Crippen molar-refractivity contribution in [2.24, 2.45) is 0 Å². The van der Waals surface area contributed by atoms with Crippen LogP contribution in [0.15, 0.2) is 30.3 Å². The number of hydrogen-bond acceptors (Lipinski definition) is 3. The van der Waals surface area contributed by atoms with Crippen LogP contribution in [0.2, 0.25) is 0 Å². The number of carbonyl (C=O) groups is 2. The van der Waals surface area contributed by atoms with E-state index in [9.17, 15) is 9.59 Å². The molecule has 1 aromatic rings. The molecule has 0 aromatic heterocycles. The van der Waals surface area contributed by atoms with Crippen LogP contribution < -0.4 is 0 Å². The largest absolute Gasteiger partial charge is 0.439 e. The smallest absolute Gasteiger partial charge is 0.410 e. The number of alkyl halides is 1. The quantitative estimate of drug-likeness (QED) is 0.571. The Morgan fingerprint density at radius 2 is 2.05 bits per heavy atom. The molecule has 1 aromatic carbocycles. The lowest BCUT2D eigenvalue weighted by Crippen LogP contribution is -2.48. The van der Waals surface area contributed by atoms with Gasteiger partial charge in [0.1, 0.15) is 10.4 Å². The van der Waals surface area contributed by atoms with Crippen molar-refractivity contribution >= 4 is 34.5 Å². The summed E-state index contributed by atoms with van der Waals surface area (Å²) in [5.41, 5.74) is 0.976. The number of piperidine rings is 1. The van der Waals surface area contributed by atoms with E-state index in [4.69, 9.17) is 4.74 Å². The minimum Gasteiger partial charge on any atom is -0.439 e. The summed E-state index contributed by atoms with van der Waals surface area (Å²) in [4.78, 5) is 26.1. The van der Waals surface area contributed by atoms with Crippen molar-refractivity contribution in [1.82, 2.24) is 4.90 Å². The number of nitrogens with zero attached hydrogens (tertiary/aromatic N) is 1. The Labute approximate surface area is 139 Å². The molecule has 0 radical (unpaired) electrons. The van der Waals surface area contributed by atoms with Gasteiger partial charge in [-0.1, -0.05) is 30.3 Å². The third-order valence-electron chi connectivity index (χ3n) is 3.94. The molecular weight excluding hydrogens is 381 g/mol. The number of hydrogen-bond donors (Lipinski definition) is 0. The van der Waals surface area contributed by atoms with Gasteiger partial charge in [-0.05, 0) is 54.3 Å². The molecule has 4 nitrogen and oxygen atoms in total. The van der Waals surface area contributed by atoms with E-state index in [1.165, 1.54) is 0 Å². The van der Waals surface area contributed by atoms with Crippen molar-refractivity contribution < 1.29 is 14.3 Å². The predicted molar refractivity (Wildman–Crippen MR) is 89.6 cm³/mol. The molecule has 0 saturated carbocycles. The second-order valence-electron chi connectivity index (χ2n) is 5.27. The maximum Gasteiger partial charge on any atom is 0.410 e. The monoisotopic (exact) mass is 401 g/mol. The third kappa shape index (κ3) is 3.96. The highest BCUT2D eigenvalue weighted by atomic mass is 127. The number of ketones is 1. The number of benzene rings is 1. The molecule has 1 aliphatic heterocycles. The van der Waals surface area contributed by atoms with Gasteiger partial charge >= 0.3 is 6.09 Å².